The van der Waals surface area contributed by atoms with Crippen LogP contribution in [0.3, 0.4) is 0 Å². The lowest BCUT2D eigenvalue weighted by molar-refractivity contribution is -0.385. The Hall–Kier alpha value is -4.91. The summed E-state index contributed by atoms with van der Waals surface area (Å²) in [5.41, 5.74) is -0.718. The number of fused-ring (bicyclic) bond motifs is 1. The fraction of sp³-hybridized carbons (Fsp3) is 0.0833. The first-order valence-corrected chi connectivity index (χ1v) is 12.0. The number of anilines is 1. The zero-order chi connectivity index (χ0) is 27.1. The van der Waals surface area contributed by atoms with Gasteiger partial charge in [-0.1, -0.05) is 6.07 Å². The molecular weight excluding hydrogens is 506 g/mol. The highest BCUT2D eigenvalue weighted by Crippen LogP contribution is 2.34. The summed E-state index contributed by atoms with van der Waals surface area (Å²) in [6.45, 7) is 2.87. The van der Waals surface area contributed by atoms with Crippen LogP contribution in [0.2, 0.25) is 0 Å². The highest BCUT2D eigenvalue weighted by atomic mass is 32.2. The molecule has 37 heavy (non-hydrogen) atoms. The van der Waals surface area contributed by atoms with Gasteiger partial charge in [-0.15, -0.1) is 0 Å². The monoisotopic (exact) mass is 523 g/mol. The minimum Gasteiger partial charge on any atom is -0.461 e. The van der Waals surface area contributed by atoms with Crippen LogP contribution in [-0.4, -0.2) is 30.0 Å². The van der Waals surface area contributed by atoms with Gasteiger partial charge in [0, 0.05) is 35.2 Å². The van der Waals surface area contributed by atoms with E-state index in [4.69, 9.17) is 4.42 Å². The number of carbonyl (C=O) groups excluding carboxylic acids is 2. The van der Waals surface area contributed by atoms with Gasteiger partial charge in [0.05, 0.1) is 26.0 Å². The predicted molar refractivity (Wildman–Crippen MR) is 131 cm³/mol. The summed E-state index contributed by atoms with van der Waals surface area (Å²) in [6, 6.07) is 12.4. The van der Waals surface area contributed by atoms with Crippen molar-refractivity contribution >= 4 is 49.7 Å². The molecule has 1 heterocycles. The SMILES string of the molecule is CC(=O)c1c(C)oc2ccc(N(C(=O)c3ccc([N+](=O)[O-])cc3)S(=O)(=O)c3cccc([N+](=O)[O-])c3)cc12. The van der Waals surface area contributed by atoms with Crippen molar-refractivity contribution in [3.63, 3.8) is 0 Å². The van der Waals surface area contributed by atoms with Crippen molar-refractivity contribution in [1.82, 2.24) is 0 Å². The van der Waals surface area contributed by atoms with Gasteiger partial charge in [0.1, 0.15) is 11.3 Å². The van der Waals surface area contributed by atoms with Crippen LogP contribution in [0.25, 0.3) is 11.0 Å². The summed E-state index contributed by atoms with van der Waals surface area (Å²) in [4.78, 5) is 46.0. The first-order valence-electron chi connectivity index (χ1n) is 10.5. The van der Waals surface area contributed by atoms with Crippen molar-refractivity contribution < 1.29 is 32.3 Å². The largest absolute Gasteiger partial charge is 0.461 e. The minimum absolute atomic E-state index is 0.175. The van der Waals surface area contributed by atoms with Gasteiger partial charge in [-0.25, -0.2) is 8.42 Å². The van der Waals surface area contributed by atoms with E-state index in [1.54, 1.807) is 6.92 Å². The zero-order valence-electron chi connectivity index (χ0n) is 19.3. The maximum atomic E-state index is 13.7. The van der Waals surface area contributed by atoms with Crippen molar-refractivity contribution in [3.8, 4) is 0 Å². The van der Waals surface area contributed by atoms with Crippen molar-refractivity contribution in [2.24, 2.45) is 0 Å². The van der Waals surface area contributed by atoms with Crippen LogP contribution in [-0.2, 0) is 10.0 Å². The molecule has 0 atom stereocenters. The van der Waals surface area contributed by atoms with Gasteiger partial charge >= 0.3 is 0 Å². The van der Waals surface area contributed by atoms with Gasteiger partial charge in [0.25, 0.3) is 27.3 Å². The molecule has 0 radical (unpaired) electrons. The van der Waals surface area contributed by atoms with Gasteiger partial charge in [-0.05, 0) is 50.2 Å². The Morgan fingerprint density at radius 2 is 1.54 bits per heavy atom. The summed E-state index contributed by atoms with van der Waals surface area (Å²) in [7, 11) is -4.75. The van der Waals surface area contributed by atoms with Crippen LogP contribution in [0.5, 0.6) is 0 Å². The van der Waals surface area contributed by atoms with Gasteiger partial charge in [0.15, 0.2) is 5.78 Å². The Balaban J connectivity index is 1.95. The number of hydrogen-bond acceptors (Lipinski definition) is 9. The second-order valence-corrected chi connectivity index (χ2v) is 9.69. The second kappa shape index (κ2) is 9.28. The molecule has 188 valence electrons. The molecular formula is C24H17N3O9S. The van der Waals surface area contributed by atoms with Crippen molar-refractivity contribution in [1.29, 1.82) is 0 Å². The minimum atomic E-state index is -4.75. The Bertz CT molecular complexity index is 1710. The van der Waals surface area contributed by atoms with Crippen LogP contribution in [0.15, 0.2) is 76.0 Å². The van der Waals surface area contributed by atoms with Crippen molar-refractivity contribution in [2.45, 2.75) is 18.7 Å². The second-order valence-electron chi connectivity index (χ2n) is 7.90. The van der Waals surface area contributed by atoms with Crippen molar-refractivity contribution in [3.05, 3.63) is 104 Å². The number of nitro benzene ring substituents is 2. The van der Waals surface area contributed by atoms with Crippen LogP contribution in [0.1, 0.15) is 33.4 Å². The van der Waals surface area contributed by atoms with E-state index in [0.717, 1.165) is 48.5 Å². The maximum Gasteiger partial charge on any atom is 0.272 e. The first kappa shape index (κ1) is 25.2. The Morgan fingerprint density at radius 3 is 2.14 bits per heavy atom. The van der Waals surface area contributed by atoms with Crippen LogP contribution >= 0.6 is 0 Å². The molecule has 0 aliphatic carbocycles. The van der Waals surface area contributed by atoms with E-state index in [-0.39, 0.29) is 39.3 Å². The fourth-order valence-electron chi connectivity index (χ4n) is 3.84. The number of furan rings is 1. The van der Waals surface area contributed by atoms with E-state index in [0.29, 0.717) is 10.1 Å². The molecule has 3 aromatic carbocycles. The average Bonchev–Trinajstić information content (AvgIpc) is 3.19. The quantitative estimate of drug-likeness (QED) is 0.187. The zero-order valence-corrected chi connectivity index (χ0v) is 20.1. The fourth-order valence-corrected chi connectivity index (χ4v) is 5.29. The molecule has 0 spiro atoms. The highest BCUT2D eigenvalue weighted by Gasteiger charge is 2.34. The summed E-state index contributed by atoms with van der Waals surface area (Å²) < 4.78 is 33.5. The molecule has 0 aliphatic rings. The first-order chi connectivity index (χ1) is 17.4. The third-order valence-corrected chi connectivity index (χ3v) is 7.22. The standard InChI is InChI=1S/C24H17N3O9S/c1-14(28)23-15(2)36-22-11-10-18(13-21(22)23)25(24(29)16-6-8-17(9-7-16)26(30)31)37(34,35)20-5-3-4-19(12-20)27(32)33/h3-13H,1-2H3. The molecule has 0 fully saturated rings. The molecule has 0 aliphatic heterocycles. The molecule has 0 saturated heterocycles. The Morgan fingerprint density at radius 1 is 0.892 bits per heavy atom. The number of benzene rings is 3. The number of nitro groups is 2. The predicted octanol–water partition coefficient (Wildman–Crippen LogP) is 4.80. The van der Waals surface area contributed by atoms with E-state index >= 15 is 0 Å². The Kier molecular flexibility index (Phi) is 6.31. The molecule has 0 unspecified atom stereocenters. The van der Waals surface area contributed by atoms with Crippen LogP contribution in [0, 0.1) is 27.2 Å². The number of Topliss-reactive ketones (excluding diaryl/α,β-unsaturated/α-hetero) is 1. The van der Waals surface area contributed by atoms with E-state index in [9.17, 15) is 38.2 Å². The molecule has 0 N–H and O–H groups in total. The Labute approximate surface area is 209 Å². The van der Waals surface area contributed by atoms with Gasteiger partial charge < -0.3 is 4.42 Å². The number of aryl methyl sites for hydroxylation is 1. The summed E-state index contributed by atoms with van der Waals surface area (Å²) in [5.74, 6) is -1.12. The number of non-ortho nitro benzene ring substituents is 2. The van der Waals surface area contributed by atoms with E-state index < -0.39 is 36.4 Å². The third-order valence-electron chi connectivity index (χ3n) is 5.51. The molecule has 4 aromatic rings. The number of rotatable bonds is 7. The van der Waals surface area contributed by atoms with Crippen LogP contribution in [0.4, 0.5) is 17.1 Å². The van der Waals surface area contributed by atoms with E-state index in [2.05, 4.69) is 0 Å². The number of hydrogen-bond donors (Lipinski definition) is 0. The molecule has 0 bridgehead atoms. The molecule has 1 amide bonds. The summed E-state index contributed by atoms with van der Waals surface area (Å²) in [6.07, 6.45) is 0. The topological polar surface area (TPSA) is 171 Å². The summed E-state index contributed by atoms with van der Waals surface area (Å²) >= 11 is 0. The molecule has 12 nitrogen and oxygen atoms in total. The highest BCUT2D eigenvalue weighted by molar-refractivity contribution is 7.93. The maximum absolute atomic E-state index is 13.7. The normalized spacial score (nSPS) is 11.3. The lowest BCUT2D eigenvalue weighted by Crippen LogP contribution is -2.37. The van der Waals surface area contributed by atoms with Gasteiger partial charge in [-0.2, -0.15) is 4.31 Å². The molecule has 0 saturated carbocycles. The van der Waals surface area contributed by atoms with Gasteiger partial charge in [-0.3, -0.25) is 29.8 Å². The van der Waals surface area contributed by atoms with Crippen LogP contribution < -0.4 is 4.31 Å². The number of ketones is 1. The molecule has 4 rings (SSSR count). The third kappa shape index (κ3) is 4.54. The molecule has 1 aromatic heterocycles. The number of amides is 1. The average molecular weight is 523 g/mol. The van der Waals surface area contributed by atoms with Gasteiger partial charge in [0.2, 0.25) is 0 Å². The number of sulfonamides is 1. The van der Waals surface area contributed by atoms with E-state index in [1.165, 1.54) is 25.1 Å². The molecule has 13 heteroatoms. The number of carbonyl (C=O) groups is 2. The lowest BCUT2D eigenvalue weighted by Gasteiger charge is -2.23. The summed E-state index contributed by atoms with van der Waals surface area (Å²) in [5, 5.41) is 22.5. The van der Waals surface area contributed by atoms with Crippen molar-refractivity contribution in [2.75, 3.05) is 4.31 Å². The number of nitrogens with zero attached hydrogens (tertiary/aromatic N) is 3. The van der Waals surface area contributed by atoms with E-state index in [1.807, 2.05) is 0 Å². The smallest absolute Gasteiger partial charge is 0.272 e. The lowest BCUT2D eigenvalue weighted by atomic mass is 10.1.